The number of hydrogen-bond acceptors (Lipinski definition) is 3. The molecule has 110 valence electrons. The van der Waals surface area contributed by atoms with Crippen molar-refractivity contribution < 1.29 is 9.53 Å². The molecule has 1 aromatic carbocycles. The lowest BCUT2D eigenvalue weighted by Gasteiger charge is -2.21. The van der Waals surface area contributed by atoms with E-state index in [4.69, 9.17) is 4.74 Å². The summed E-state index contributed by atoms with van der Waals surface area (Å²) in [5, 5.41) is 6.42. The molecule has 0 aromatic heterocycles. The van der Waals surface area contributed by atoms with Gasteiger partial charge in [0.2, 0.25) is 5.91 Å². The molecule has 0 saturated heterocycles. The molecule has 4 heteroatoms. The summed E-state index contributed by atoms with van der Waals surface area (Å²) >= 11 is 0. The Morgan fingerprint density at radius 2 is 2.05 bits per heavy atom. The van der Waals surface area contributed by atoms with Crippen molar-refractivity contribution >= 4 is 5.91 Å². The van der Waals surface area contributed by atoms with Crippen molar-refractivity contribution in [2.75, 3.05) is 6.61 Å². The van der Waals surface area contributed by atoms with E-state index in [0.717, 1.165) is 24.2 Å². The summed E-state index contributed by atoms with van der Waals surface area (Å²) < 4.78 is 5.62. The maximum Gasteiger partial charge on any atom is 0.237 e. The molecule has 0 spiro atoms. The van der Waals surface area contributed by atoms with Crippen LogP contribution >= 0.6 is 0 Å². The number of carbonyl (C=O) groups excluding carboxylic acids is 1. The molecule has 2 N–H and O–H groups in total. The second-order valence-corrected chi connectivity index (χ2v) is 5.31. The van der Waals surface area contributed by atoms with Crippen molar-refractivity contribution in [2.24, 2.45) is 0 Å². The van der Waals surface area contributed by atoms with E-state index in [2.05, 4.69) is 24.5 Å². The molecule has 2 atom stereocenters. The molecular weight excluding hydrogens is 252 g/mol. The van der Waals surface area contributed by atoms with Crippen LogP contribution in [0.3, 0.4) is 0 Å². The van der Waals surface area contributed by atoms with E-state index in [1.807, 2.05) is 31.2 Å². The molecule has 4 nitrogen and oxygen atoms in total. The third kappa shape index (κ3) is 3.31. The van der Waals surface area contributed by atoms with Crippen LogP contribution in [0.2, 0.25) is 0 Å². The normalized spacial score (nSPS) is 18.5. The van der Waals surface area contributed by atoms with Gasteiger partial charge in [0.1, 0.15) is 12.4 Å². The van der Waals surface area contributed by atoms with Gasteiger partial charge < -0.3 is 10.1 Å². The van der Waals surface area contributed by atoms with Crippen molar-refractivity contribution in [1.82, 2.24) is 10.6 Å². The van der Waals surface area contributed by atoms with Crippen LogP contribution in [0, 0.1) is 0 Å². The van der Waals surface area contributed by atoms with Crippen LogP contribution in [0.1, 0.15) is 45.2 Å². The first-order chi connectivity index (χ1) is 9.65. The fraction of sp³-hybridized carbons (Fsp3) is 0.562. The quantitative estimate of drug-likeness (QED) is 0.839. The Morgan fingerprint density at radius 3 is 2.75 bits per heavy atom. The standard InChI is InChI=1S/C16H24N2O2/c1-4-12(5-2)18-16(19)11(3)17-14-10-20-15-9-7-6-8-13(14)15/h6-9,11-12,14,17H,4-5,10H2,1-3H3,(H,18,19). The third-order valence-corrected chi connectivity index (χ3v) is 3.88. The number of ether oxygens (including phenoxy) is 1. The Balaban J connectivity index is 1.92. The first kappa shape index (κ1) is 14.9. The molecule has 2 rings (SSSR count). The first-order valence-corrected chi connectivity index (χ1v) is 7.43. The Kier molecular flexibility index (Phi) is 5.01. The van der Waals surface area contributed by atoms with E-state index < -0.39 is 0 Å². The minimum Gasteiger partial charge on any atom is -0.491 e. The second kappa shape index (κ2) is 6.75. The molecule has 0 fully saturated rings. The highest BCUT2D eigenvalue weighted by molar-refractivity contribution is 5.81. The minimum absolute atomic E-state index is 0.0584. The molecule has 20 heavy (non-hydrogen) atoms. The van der Waals surface area contributed by atoms with Crippen molar-refractivity contribution in [3.8, 4) is 5.75 Å². The SMILES string of the molecule is CCC(CC)NC(=O)C(C)NC1COc2ccccc21. The first-order valence-electron chi connectivity index (χ1n) is 7.43. The predicted molar refractivity (Wildman–Crippen MR) is 79.8 cm³/mol. The number of fused-ring (bicyclic) bond motifs is 1. The Hall–Kier alpha value is -1.55. The third-order valence-electron chi connectivity index (χ3n) is 3.88. The molecular formula is C16H24N2O2. The van der Waals surface area contributed by atoms with E-state index in [1.165, 1.54) is 0 Å². The molecule has 1 aliphatic rings. The fourth-order valence-electron chi connectivity index (χ4n) is 2.50. The maximum absolute atomic E-state index is 12.2. The van der Waals surface area contributed by atoms with Gasteiger partial charge in [-0.3, -0.25) is 10.1 Å². The summed E-state index contributed by atoms with van der Waals surface area (Å²) in [6.45, 7) is 6.67. The van der Waals surface area contributed by atoms with Gasteiger partial charge in [-0.05, 0) is 25.8 Å². The van der Waals surface area contributed by atoms with Crippen LogP contribution in [0.4, 0.5) is 0 Å². The zero-order valence-corrected chi connectivity index (χ0v) is 12.5. The molecule has 1 aliphatic heterocycles. The lowest BCUT2D eigenvalue weighted by atomic mass is 10.1. The van der Waals surface area contributed by atoms with E-state index >= 15 is 0 Å². The molecule has 0 bridgehead atoms. The number of rotatable bonds is 6. The summed E-state index contributed by atoms with van der Waals surface area (Å²) in [4.78, 5) is 12.2. The summed E-state index contributed by atoms with van der Waals surface area (Å²) in [5.74, 6) is 0.973. The summed E-state index contributed by atoms with van der Waals surface area (Å²) in [6, 6.07) is 8.10. The number of amides is 1. The van der Waals surface area contributed by atoms with Crippen LogP contribution in [-0.2, 0) is 4.79 Å². The Bertz CT molecular complexity index is 458. The van der Waals surface area contributed by atoms with Gasteiger partial charge in [0.15, 0.2) is 0 Å². The van der Waals surface area contributed by atoms with Gasteiger partial charge in [-0.15, -0.1) is 0 Å². The monoisotopic (exact) mass is 276 g/mol. The van der Waals surface area contributed by atoms with E-state index in [0.29, 0.717) is 6.61 Å². The molecule has 1 aromatic rings. The van der Waals surface area contributed by atoms with Crippen LogP contribution in [0.15, 0.2) is 24.3 Å². The molecule has 0 radical (unpaired) electrons. The lowest BCUT2D eigenvalue weighted by Crippen LogP contribution is -2.47. The minimum atomic E-state index is -0.227. The second-order valence-electron chi connectivity index (χ2n) is 5.31. The average molecular weight is 276 g/mol. The highest BCUT2D eigenvalue weighted by atomic mass is 16.5. The van der Waals surface area contributed by atoms with Crippen LogP contribution in [0.25, 0.3) is 0 Å². The van der Waals surface area contributed by atoms with Gasteiger partial charge in [-0.1, -0.05) is 32.0 Å². The molecule has 1 amide bonds. The predicted octanol–water partition coefficient (Wildman–Crippen LogP) is 2.40. The largest absolute Gasteiger partial charge is 0.491 e. The zero-order chi connectivity index (χ0) is 14.5. The molecule has 0 saturated carbocycles. The zero-order valence-electron chi connectivity index (χ0n) is 12.5. The molecule has 0 aliphatic carbocycles. The van der Waals surface area contributed by atoms with Crippen molar-refractivity contribution in [3.05, 3.63) is 29.8 Å². The van der Waals surface area contributed by atoms with E-state index in [9.17, 15) is 4.79 Å². The topological polar surface area (TPSA) is 50.4 Å². The Morgan fingerprint density at radius 1 is 1.35 bits per heavy atom. The van der Waals surface area contributed by atoms with Crippen molar-refractivity contribution in [1.29, 1.82) is 0 Å². The highest BCUT2D eigenvalue weighted by Gasteiger charge is 2.27. The molecule has 2 unspecified atom stereocenters. The van der Waals surface area contributed by atoms with Crippen LogP contribution in [0.5, 0.6) is 5.75 Å². The van der Waals surface area contributed by atoms with E-state index in [1.54, 1.807) is 0 Å². The van der Waals surface area contributed by atoms with Gasteiger partial charge in [0, 0.05) is 11.6 Å². The van der Waals surface area contributed by atoms with E-state index in [-0.39, 0.29) is 24.0 Å². The number of benzene rings is 1. The number of carbonyl (C=O) groups is 1. The lowest BCUT2D eigenvalue weighted by molar-refractivity contribution is -0.123. The average Bonchev–Trinajstić information content (AvgIpc) is 2.87. The number of para-hydroxylation sites is 1. The fourth-order valence-corrected chi connectivity index (χ4v) is 2.50. The summed E-state index contributed by atoms with van der Waals surface area (Å²) in [6.07, 6.45) is 1.93. The van der Waals surface area contributed by atoms with Gasteiger partial charge in [0.25, 0.3) is 0 Å². The van der Waals surface area contributed by atoms with Crippen LogP contribution in [-0.4, -0.2) is 24.6 Å². The van der Waals surface area contributed by atoms with Crippen molar-refractivity contribution in [3.63, 3.8) is 0 Å². The highest BCUT2D eigenvalue weighted by Crippen LogP contribution is 2.31. The number of hydrogen-bond donors (Lipinski definition) is 2. The van der Waals surface area contributed by atoms with Gasteiger partial charge in [-0.2, -0.15) is 0 Å². The summed E-state index contributed by atoms with van der Waals surface area (Å²) in [5.41, 5.74) is 1.13. The van der Waals surface area contributed by atoms with Gasteiger partial charge in [-0.25, -0.2) is 0 Å². The van der Waals surface area contributed by atoms with Gasteiger partial charge in [0.05, 0.1) is 12.1 Å². The smallest absolute Gasteiger partial charge is 0.237 e. The Labute approximate surface area is 120 Å². The van der Waals surface area contributed by atoms with Crippen LogP contribution < -0.4 is 15.4 Å². The summed E-state index contributed by atoms with van der Waals surface area (Å²) in [7, 11) is 0. The molecule has 1 heterocycles. The number of nitrogens with one attached hydrogen (secondary N) is 2. The van der Waals surface area contributed by atoms with Gasteiger partial charge >= 0.3 is 0 Å². The van der Waals surface area contributed by atoms with Crippen molar-refractivity contribution in [2.45, 2.75) is 51.7 Å². The maximum atomic E-state index is 12.2.